The summed E-state index contributed by atoms with van der Waals surface area (Å²) in [5, 5.41) is 10.2. The Kier molecular flexibility index (Phi) is 7.34. The van der Waals surface area contributed by atoms with Gasteiger partial charge in [0.15, 0.2) is 6.61 Å². The first-order valence-electron chi connectivity index (χ1n) is 10.6. The maximum atomic E-state index is 13.0. The van der Waals surface area contributed by atoms with E-state index in [1.807, 2.05) is 54.6 Å². The van der Waals surface area contributed by atoms with E-state index >= 15 is 0 Å². The van der Waals surface area contributed by atoms with Crippen molar-refractivity contribution in [1.29, 1.82) is 0 Å². The minimum atomic E-state index is -0.703. The Morgan fingerprint density at radius 3 is 2.50 bits per heavy atom. The second kappa shape index (κ2) is 10.8. The van der Waals surface area contributed by atoms with Crippen LogP contribution in [0.1, 0.15) is 33.3 Å². The summed E-state index contributed by atoms with van der Waals surface area (Å²) in [5.74, 6) is -0.813. The summed E-state index contributed by atoms with van der Waals surface area (Å²) in [6.45, 7) is -0.809. The summed E-state index contributed by atoms with van der Waals surface area (Å²) in [4.78, 5) is 37.5. The molecule has 2 amide bonds. The lowest BCUT2D eigenvalue weighted by molar-refractivity contribution is -0.152. The van der Waals surface area contributed by atoms with Gasteiger partial charge in [0.2, 0.25) is 0 Å². The molecular formula is C25H23N3O5S. The first kappa shape index (κ1) is 23.2. The Labute approximate surface area is 200 Å². The minimum absolute atomic E-state index is 0.329. The van der Waals surface area contributed by atoms with Gasteiger partial charge in [-0.2, -0.15) is 5.10 Å². The largest absolute Gasteiger partial charge is 0.497 e. The number of nitrogens with one attached hydrogen (secondary N) is 1. The summed E-state index contributed by atoms with van der Waals surface area (Å²) in [6, 6.07) is 20.1. The molecule has 0 radical (unpaired) electrons. The molecule has 0 spiro atoms. The Morgan fingerprint density at radius 2 is 1.82 bits per heavy atom. The molecule has 9 heteroatoms. The molecule has 0 bridgehead atoms. The van der Waals surface area contributed by atoms with E-state index in [2.05, 4.69) is 10.4 Å². The molecule has 1 aromatic heterocycles. The van der Waals surface area contributed by atoms with Gasteiger partial charge in [0, 0.05) is 6.42 Å². The van der Waals surface area contributed by atoms with Crippen molar-refractivity contribution < 1.29 is 23.9 Å². The third-order valence-electron chi connectivity index (χ3n) is 5.27. The zero-order valence-electron chi connectivity index (χ0n) is 18.5. The van der Waals surface area contributed by atoms with Crippen molar-refractivity contribution >= 4 is 34.8 Å². The van der Waals surface area contributed by atoms with Gasteiger partial charge in [-0.05, 0) is 34.7 Å². The molecule has 1 atom stereocenters. The average molecular weight is 478 g/mol. The number of rotatable bonds is 8. The molecule has 0 saturated carbocycles. The first-order chi connectivity index (χ1) is 16.5. The van der Waals surface area contributed by atoms with Crippen LogP contribution in [0.2, 0.25) is 0 Å². The van der Waals surface area contributed by atoms with E-state index in [4.69, 9.17) is 9.47 Å². The quantitative estimate of drug-likeness (QED) is 0.502. The SMILES string of the molecule is COc1ccc([C@@H]2CC(c3ccccc3)=NN2C(=O)COC(=O)CNC(=O)c2cccs2)cc1. The van der Waals surface area contributed by atoms with E-state index < -0.39 is 18.5 Å². The highest BCUT2D eigenvalue weighted by molar-refractivity contribution is 7.12. The van der Waals surface area contributed by atoms with E-state index in [-0.39, 0.29) is 18.5 Å². The van der Waals surface area contributed by atoms with Crippen LogP contribution in [-0.4, -0.2) is 48.8 Å². The van der Waals surface area contributed by atoms with E-state index in [0.717, 1.165) is 16.8 Å². The average Bonchev–Trinajstić information content (AvgIpc) is 3.57. The van der Waals surface area contributed by atoms with Crippen molar-refractivity contribution in [1.82, 2.24) is 10.3 Å². The highest BCUT2D eigenvalue weighted by atomic mass is 32.1. The Morgan fingerprint density at radius 1 is 1.06 bits per heavy atom. The Bertz CT molecular complexity index is 1180. The number of nitrogens with zero attached hydrogens (tertiary/aromatic N) is 2. The number of ether oxygens (including phenoxy) is 2. The van der Waals surface area contributed by atoms with Gasteiger partial charge in [-0.25, -0.2) is 5.01 Å². The van der Waals surface area contributed by atoms with Crippen molar-refractivity contribution in [2.45, 2.75) is 12.5 Å². The third-order valence-corrected chi connectivity index (χ3v) is 6.14. The van der Waals surface area contributed by atoms with Gasteiger partial charge in [0.05, 0.1) is 23.7 Å². The molecule has 0 unspecified atom stereocenters. The van der Waals surface area contributed by atoms with Crippen LogP contribution in [-0.2, 0) is 14.3 Å². The topological polar surface area (TPSA) is 97.3 Å². The number of esters is 1. The number of hydrogen-bond acceptors (Lipinski definition) is 7. The lowest BCUT2D eigenvalue weighted by Gasteiger charge is -2.22. The van der Waals surface area contributed by atoms with Crippen LogP contribution in [0.25, 0.3) is 0 Å². The number of hydrazone groups is 1. The minimum Gasteiger partial charge on any atom is -0.497 e. The molecule has 0 fully saturated rings. The molecule has 8 nitrogen and oxygen atoms in total. The van der Waals surface area contributed by atoms with Gasteiger partial charge in [-0.3, -0.25) is 14.4 Å². The smallest absolute Gasteiger partial charge is 0.325 e. The number of carbonyl (C=O) groups excluding carboxylic acids is 3. The van der Waals surface area contributed by atoms with Crippen molar-refractivity contribution in [2.24, 2.45) is 5.10 Å². The molecular weight excluding hydrogens is 454 g/mol. The van der Waals surface area contributed by atoms with Gasteiger partial charge in [-0.1, -0.05) is 48.5 Å². The predicted octanol–water partition coefficient (Wildman–Crippen LogP) is 3.41. The van der Waals surface area contributed by atoms with Crippen molar-refractivity contribution in [3.8, 4) is 5.75 Å². The Hall–Kier alpha value is -3.98. The molecule has 1 aliphatic rings. The summed E-state index contributed by atoms with van der Waals surface area (Å²) in [7, 11) is 1.59. The third kappa shape index (κ3) is 5.49. The maximum absolute atomic E-state index is 13.0. The van der Waals surface area contributed by atoms with Crippen LogP contribution in [0.3, 0.4) is 0 Å². The molecule has 174 valence electrons. The predicted molar refractivity (Wildman–Crippen MR) is 128 cm³/mol. The standard InChI is InChI=1S/C25H23N3O5S/c1-32-19-11-9-18(10-12-19)21-14-20(17-6-3-2-4-7-17)27-28(21)23(29)16-33-24(30)15-26-25(31)22-8-5-13-34-22/h2-13,21H,14-16H2,1H3,(H,26,31)/t21-/m0/s1. The molecule has 0 saturated heterocycles. The fourth-order valence-electron chi connectivity index (χ4n) is 3.54. The number of amides is 2. The van der Waals surface area contributed by atoms with Crippen molar-refractivity contribution in [2.75, 3.05) is 20.3 Å². The van der Waals surface area contributed by atoms with Crippen molar-refractivity contribution in [3.63, 3.8) is 0 Å². The molecule has 2 aromatic carbocycles. The highest BCUT2D eigenvalue weighted by Crippen LogP contribution is 2.33. The molecule has 1 aliphatic heterocycles. The van der Waals surface area contributed by atoms with Crippen LogP contribution in [0.5, 0.6) is 5.75 Å². The molecule has 4 rings (SSSR count). The van der Waals surface area contributed by atoms with E-state index in [9.17, 15) is 14.4 Å². The number of hydrogen-bond donors (Lipinski definition) is 1. The first-order valence-corrected chi connectivity index (χ1v) is 11.5. The van der Waals surface area contributed by atoms with Crippen LogP contribution in [0, 0.1) is 0 Å². The summed E-state index contributed by atoms with van der Waals surface area (Å²) < 4.78 is 10.3. The Balaban J connectivity index is 1.42. The maximum Gasteiger partial charge on any atom is 0.325 e. The van der Waals surface area contributed by atoms with Gasteiger partial charge in [-0.15, -0.1) is 11.3 Å². The zero-order chi connectivity index (χ0) is 23.9. The second-order valence-electron chi connectivity index (χ2n) is 7.46. The van der Waals surface area contributed by atoms with Gasteiger partial charge in [0.25, 0.3) is 11.8 Å². The monoisotopic (exact) mass is 477 g/mol. The van der Waals surface area contributed by atoms with E-state index in [1.54, 1.807) is 24.6 Å². The summed E-state index contributed by atoms with van der Waals surface area (Å²) >= 11 is 1.27. The van der Waals surface area contributed by atoms with Crippen LogP contribution in [0.15, 0.2) is 77.2 Å². The molecule has 3 aromatic rings. The fourth-order valence-corrected chi connectivity index (χ4v) is 4.18. The van der Waals surface area contributed by atoms with E-state index in [1.165, 1.54) is 16.3 Å². The molecule has 1 N–H and O–H groups in total. The summed E-state index contributed by atoms with van der Waals surface area (Å²) in [6.07, 6.45) is 0.521. The fraction of sp³-hybridized carbons (Fsp3) is 0.200. The van der Waals surface area contributed by atoms with Gasteiger partial charge < -0.3 is 14.8 Å². The van der Waals surface area contributed by atoms with Gasteiger partial charge >= 0.3 is 5.97 Å². The van der Waals surface area contributed by atoms with Gasteiger partial charge in [0.1, 0.15) is 12.3 Å². The molecule has 0 aliphatic carbocycles. The zero-order valence-corrected chi connectivity index (χ0v) is 19.3. The number of thiophene rings is 1. The van der Waals surface area contributed by atoms with Crippen LogP contribution in [0.4, 0.5) is 0 Å². The van der Waals surface area contributed by atoms with E-state index in [0.29, 0.717) is 17.0 Å². The normalized spacial score (nSPS) is 14.9. The van der Waals surface area contributed by atoms with Crippen molar-refractivity contribution in [3.05, 3.63) is 88.1 Å². The van der Waals surface area contributed by atoms with Crippen LogP contribution >= 0.6 is 11.3 Å². The van der Waals surface area contributed by atoms with Crippen LogP contribution < -0.4 is 10.1 Å². The number of benzene rings is 2. The lowest BCUT2D eigenvalue weighted by Crippen LogP contribution is -2.34. The summed E-state index contributed by atoms with van der Waals surface area (Å²) in [5.41, 5.74) is 2.58. The molecule has 34 heavy (non-hydrogen) atoms. The lowest BCUT2D eigenvalue weighted by atomic mass is 9.98. The number of carbonyl (C=O) groups is 3. The highest BCUT2D eigenvalue weighted by Gasteiger charge is 2.33. The second-order valence-corrected chi connectivity index (χ2v) is 8.41. The number of methoxy groups -OCH3 is 1. The molecule has 2 heterocycles.